The molecule has 2 aromatic rings. The number of aliphatic imine (C=N–C) groups is 1. The molecule has 33 heavy (non-hydrogen) atoms. The number of esters is 1. The van der Waals surface area contributed by atoms with Gasteiger partial charge in [0.2, 0.25) is 0 Å². The van der Waals surface area contributed by atoms with Crippen molar-refractivity contribution >= 4 is 33.4 Å². The zero-order valence-electron chi connectivity index (χ0n) is 18.5. The number of hydrogen-bond acceptors (Lipinski definition) is 8. The average Bonchev–Trinajstić information content (AvgIpc) is 3.04. The fourth-order valence-electron chi connectivity index (χ4n) is 3.06. The summed E-state index contributed by atoms with van der Waals surface area (Å²) in [5.41, 5.74) is 0.823. The number of hydrogen-bond donors (Lipinski definition) is 2. The van der Waals surface area contributed by atoms with Crippen LogP contribution in [0.2, 0.25) is 0 Å². The SMILES string of the molecule is CCOc1ccc(NC(=O)COC(=O)[C@H](C)N=C2NS(=O)(=O)c3ccccc32)cc1OCC. The van der Waals surface area contributed by atoms with Gasteiger partial charge in [-0.25, -0.2) is 13.2 Å². The van der Waals surface area contributed by atoms with E-state index in [1.54, 1.807) is 36.4 Å². The number of amidine groups is 1. The largest absolute Gasteiger partial charge is 0.490 e. The Kier molecular flexibility index (Phi) is 7.54. The molecule has 0 aromatic heterocycles. The summed E-state index contributed by atoms with van der Waals surface area (Å²) < 4.78 is 42.7. The fourth-order valence-corrected chi connectivity index (χ4v) is 4.30. The second-order valence-corrected chi connectivity index (χ2v) is 8.59. The number of sulfonamides is 1. The first-order chi connectivity index (χ1) is 15.7. The highest BCUT2D eigenvalue weighted by Crippen LogP contribution is 2.30. The van der Waals surface area contributed by atoms with Gasteiger partial charge in [0.15, 0.2) is 18.1 Å². The second-order valence-electron chi connectivity index (χ2n) is 6.94. The summed E-state index contributed by atoms with van der Waals surface area (Å²) >= 11 is 0. The molecule has 0 aliphatic carbocycles. The zero-order valence-corrected chi connectivity index (χ0v) is 19.3. The summed E-state index contributed by atoms with van der Waals surface area (Å²) in [5, 5.41) is 2.62. The number of carbonyl (C=O) groups is 2. The van der Waals surface area contributed by atoms with Crippen LogP contribution in [0, 0.1) is 0 Å². The molecule has 0 fully saturated rings. The van der Waals surface area contributed by atoms with E-state index in [9.17, 15) is 18.0 Å². The van der Waals surface area contributed by atoms with Crippen LogP contribution < -0.4 is 19.5 Å². The summed E-state index contributed by atoms with van der Waals surface area (Å²) in [4.78, 5) is 28.7. The number of ether oxygens (including phenoxy) is 3. The first kappa shape index (κ1) is 24.1. The topological polar surface area (TPSA) is 132 Å². The molecule has 3 rings (SSSR count). The summed E-state index contributed by atoms with van der Waals surface area (Å²) in [5.74, 6) is -0.235. The molecule has 1 heterocycles. The molecule has 0 radical (unpaired) electrons. The summed E-state index contributed by atoms with van der Waals surface area (Å²) in [7, 11) is -3.72. The molecule has 11 heteroatoms. The lowest BCUT2D eigenvalue weighted by Crippen LogP contribution is -2.28. The maximum absolute atomic E-state index is 12.3. The summed E-state index contributed by atoms with van der Waals surface area (Å²) in [6.45, 7) is 5.50. The van der Waals surface area contributed by atoms with Gasteiger partial charge in [0.05, 0.1) is 18.1 Å². The van der Waals surface area contributed by atoms with Gasteiger partial charge < -0.3 is 19.5 Å². The van der Waals surface area contributed by atoms with Crippen LogP contribution in [0.4, 0.5) is 5.69 Å². The van der Waals surface area contributed by atoms with Crippen LogP contribution in [0.3, 0.4) is 0 Å². The van der Waals surface area contributed by atoms with Crippen molar-refractivity contribution in [1.29, 1.82) is 0 Å². The van der Waals surface area contributed by atoms with E-state index >= 15 is 0 Å². The predicted molar refractivity (Wildman–Crippen MR) is 121 cm³/mol. The Balaban J connectivity index is 1.59. The van der Waals surface area contributed by atoms with Crippen LogP contribution in [0.1, 0.15) is 26.3 Å². The molecular weight excluding hydrogens is 450 g/mol. The van der Waals surface area contributed by atoms with Crippen LogP contribution >= 0.6 is 0 Å². The first-order valence-electron chi connectivity index (χ1n) is 10.3. The van der Waals surface area contributed by atoms with E-state index in [0.717, 1.165) is 0 Å². The smallest absolute Gasteiger partial charge is 0.331 e. The summed E-state index contributed by atoms with van der Waals surface area (Å²) in [6.07, 6.45) is 0. The quantitative estimate of drug-likeness (QED) is 0.531. The Labute approximate surface area is 192 Å². The van der Waals surface area contributed by atoms with Gasteiger partial charge in [-0.1, -0.05) is 12.1 Å². The molecule has 0 spiro atoms. The highest BCUT2D eigenvalue weighted by Gasteiger charge is 2.31. The molecule has 1 aliphatic rings. The molecule has 0 saturated carbocycles. The van der Waals surface area contributed by atoms with Crippen LogP contribution in [-0.2, 0) is 24.3 Å². The van der Waals surface area contributed by atoms with Gasteiger partial charge in [-0.15, -0.1) is 0 Å². The number of nitrogens with one attached hydrogen (secondary N) is 2. The molecule has 1 amide bonds. The maximum Gasteiger partial charge on any atom is 0.331 e. The van der Waals surface area contributed by atoms with Gasteiger partial charge in [0, 0.05) is 17.3 Å². The van der Waals surface area contributed by atoms with E-state index in [2.05, 4.69) is 15.0 Å². The molecule has 176 valence electrons. The average molecular weight is 476 g/mol. The van der Waals surface area contributed by atoms with Crippen molar-refractivity contribution in [3.63, 3.8) is 0 Å². The summed E-state index contributed by atoms with van der Waals surface area (Å²) in [6, 6.07) is 10.2. The van der Waals surface area contributed by atoms with E-state index in [0.29, 0.717) is 36.0 Å². The van der Waals surface area contributed by atoms with E-state index in [-0.39, 0.29) is 10.7 Å². The number of benzene rings is 2. The molecule has 1 atom stereocenters. The van der Waals surface area contributed by atoms with E-state index in [4.69, 9.17) is 14.2 Å². The zero-order chi connectivity index (χ0) is 24.0. The number of nitrogens with zero attached hydrogens (tertiary/aromatic N) is 1. The van der Waals surface area contributed by atoms with Gasteiger partial charge in [-0.2, -0.15) is 0 Å². The van der Waals surface area contributed by atoms with Crippen LogP contribution in [0.5, 0.6) is 11.5 Å². The standard InChI is InChI=1S/C22H25N3O7S/c1-4-30-17-11-10-15(12-18(17)31-5-2)24-20(26)13-32-22(27)14(3)23-21-16-8-6-7-9-19(16)33(28,29)25-21/h6-12,14H,4-5,13H2,1-3H3,(H,23,25)(H,24,26)/t14-/m0/s1. The fraction of sp³-hybridized carbons (Fsp3) is 0.318. The second kappa shape index (κ2) is 10.3. The lowest BCUT2D eigenvalue weighted by Gasteiger charge is -2.13. The van der Waals surface area contributed by atoms with Crippen molar-refractivity contribution < 1.29 is 32.2 Å². The van der Waals surface area contributed by atoms with Crippen molar-refractivity contribution in [3.8, 4) is 11.5 Å². The lowest BCUT2D eigenvalue weighted by atomic mass is 10.2. The molecule has 0 saturated heterocycles. The van der Waals surface area contributed by atoms with Crippen molar-refractivity contribution in [1.82, 2.24) is 4.72 Å². The van der Waals surface area contributed by atoms with E-state index in [1.807, 2.05) is 13.8 Å². The van der Waals surface area contributed by atoms with Gasteiger partial charge in [0.1, 0.15) is 11.9 Å². The van der Waals surface area contributed by atoms with Gasteiger partial charge >= 0.3 is 5.97 Å². The molecule has 10 nitrogen and oxygen atoms in total. The van der Waals surface area contributed by atoms with Gasteiger partial charge in [-0.3, -0.25) is 14.5 Å². The number of carbonyl (C=O) groups excluding carboxylic acids is 2. The Morgan fingerprint density at radius 3 is 2.48 bits per heavy atom. The minimum atomic E-state index is -3.72. The van der Waals surface area contributed by atoms with E-state index < -0.39 is 34.5 Å². The number of fused-ring (bicyclic) bond motifs is 1. The van der Waals surface area contributed by atoms with Crippen LogP contribution in [-0.4, -0.2) is 52.0 Å². The minimum Gasteiger partial charge on any atom is -0.490 e. The number of amides is 1. The van der Waals surface area contributed by atoms with Gasteiger partial charge in [-0.05, 0) is 45.0 Å². The molecule has 0 unspecified atom stereocenters. The normalized spacial score (nSPS) is 15.8. The number of anilines is 1. The van der Waals surface area contributed by atoms with E-state index in [1.165, 1.54) is 13.0 Å². The molecule has 2 aromatic carbocycles. The molecule has 2 N–H and O–H groups in total. The van der Waals surface area contributed by atoms with Crippen molar-refractivity contribution in [2.24, 2.45) is 4.99 Å². The predicted octanol–water partition coefficient (Wildman–Crippen LogP) is 2.09. The van der Waals surface area contributed by atoms with Gasteiger partial charge in [0.25, 0.3) is 15.9 Å². The molecular formula is C22H25N3O7S. The van der Waals surface area contributed by atoms with Crippen molar-refractivity contribution in [2.75, 3.05) is 25.1 Å². The monoisotopic (exact) mass is 475 g/mol. The Morgan fingerprint density at radius 1 is 1.06 bits per heavy atom. The molecule has 0 bridgehead atoms. The highest BCUT2D eigenvalue weighted by molar-refractivity contribution is 7.90. The minimum absolute atomic E-state index is 0.0531. The Hall–Kier alpha value is -3.60. The maximum atomic E-state index is 12.3. The Morgan fingerprint density at radius 2 is 1.76 bits per heavy atom. The lowest BCUT2D eigenvalue weighted by molar-refractivity contribution is -0.148. The van der Waals surface area contributed by atoms with Crippen molar-refractivity contribution in [2.45, 2.75) is 31.7 Å². The third-order valence-corrected chi connectivity index (χ3v) is 5.90. The Bertz CT molecular complexity index is 1180. The van der Waals surface area contributed by atoms with Crippen molar-refractivity contribution in [3.05, 3.63) is 48.0 Å². The third-order valence-electron chi connectivity index (χ3n) is 4.50. The number of rotatable bonds is 9. The molecule has 1 aliphatic heterocycles. The van der Waals surface area contributed by atoms with Crippen LogP contribution in [0.15, 0.2) is 52.4 Å². The highest BCUT2D eigenvalue weighted by atomic mass is 32.2. The first-order valence-corrected chi connectivity index (χ1v) is 11.8. The third kappa shape index (κ3) is 5.80. The van der Waals surface area contributed by atoms with Crippen LogP contribution in [0.25, 0.3) is 0 Å².